The molecule has 0 unspecified atom stereocenters. The summed E-state index contributed by atoms with van der Waals surface area (Å²) in [6, 6.07) is 7.85. The van der Waals surface area contributed by atoms with Crippen LogP contribution in [0.5, 0.6) is 5.75 Å². The summed E-state index contributed by atoms with van der Waals surface area (Å²) in [6.45, 7) is 2.17. The number of nitrogens with two attached hydrogens (primary N) is 1. The molecule has 0 atom stereocenters. The molecule has 112 valence electrons. The Kier molecular flexibility index (Phi) is 4.71. The van der Waals surface area contributed by atoms with Crippen LogP contribution < -0.4 is 15.2 Å². The SMILES string of the molecule is CCOc1ccc(N)cc1S(=O)(=O)NCc1cccnn1. The van der Waals surface area contributed by atoms with E-state index in [9.17, 15) is 8.42 Å². The van der Waals surface area contributed by atoms with Crippen molar-refractivity contribution >= 4 is 15.7 Å². The van der Waals surface area contributed by atoms with Crippen molar-refractivity contribution < 1.29 is 13.2 Å². The Morgan fingerprint density at radius 3 is 2.81 bits per heavy atom. The molecular formula is C13H16N4O3S. The van der Waals surface area contributed by atoms with Crippen molar-refractivity contribution in [2.75, 3.05) is 12.3 Å². The van der Waals surface area contributed by atoms with E-state index in [1.165, 1.54) is 18.3 Å². The average molecular weight is 308 g/mol. The van der Waals surface area contributed by atoms with Gasteiger partial charge in [-0.1, -0.05) is 0 Å². The van der Waals surface area contributed by atoms with Crippen LogP contribution in [0.15, 0.2) is 41.4 Å². The van der Waals surface area contributed by atoms with E-state index in [-0.39, 0.29) is 17.2 Å². The summed E-state index contributed by atoms with van der Waals surface area (Å²) in [5.74, 6) is 0.262. The van der Waals surface area contributed by atoms with Gasteiger partial charge in [0.2, 0.25) is 10.0 Å². The monoisotopic (exact) mass is 308 g/mol. The topological polar surface area (TPSA) is 107 Å². The Hall–Kier alpha value is -2.19. The highest BCUT2D eigenvalue weighted by Crippen LogP contribution is 2.26. The lowest BCUT2D eigenvalue weighted by Crippen LogP contribution is -2.24. The van der Waals surface area contributed by atoms with Gasteiger partial charge in [0, 0.05) is 11.9 Å². The maximum Gasteiger partial charge on any atom is 0.244 e. The second-order valence-electron chi connectivity index (χ2n) is 4.18. The van der Waals surface area contributed by atoms with E-state index in [0.717, 1.165) is 0 Å². The smallest absolute Gasteiger partial charge is 0.244 e. The molecule has 2 aromatic rings. The maximum atomic E-state index is 12.4. The lowest BCUT2D eigenvalue weighted by molar-refractivity contribution is 0.331. The molecule has 8 heteroatoms. The van der Waals surface area contributed by atoms with E-state index in [4.69, 9.17) is 10.5 Å². The molecule has 0 aliphatic rings. The van der Waals surface area contributed by atoms with Crippen molar-refractivity contribution in [2.24, 2.45) is 0 Å². The number of ether oxygens (including phenoxy) is 1. The van der Waals surface area contributed by atoms with Crippen LogP contribution in [0.1, 0.15) is 12.6 Å². The van der Waals surface area contributed by atoms with Crippen molar-refractivity contribution in [3.05, 3.63) is 42.2 Å². The molecule has 7 nitrogen and oxygen atoms in total. The lowest BCUT2D eigenvalue weighted by Gasteiger charge is -2.12. The second-order valence-corrected chi connectivity index (χ2v) is 5.91. The molecule has 1 aromatic heterocycles. The van der Waals surface area contributed by atoms with Crippen LogP contribution in [0, 0.1) is 0 Å². The second kappa shape index (κ2) is 6.51. The number of aromatic nitrogens is 2. The first-order chi connectivity index (χ1) is 10.0. The van der Waals surface area contributed by atoms with Gasteiger partial charge in [-0.05, 0) is 37.3 Å². The summed E-state index contributed by atoms with van der Waals surface area (Å²) in [5, 5.41) is 7.51. The summed E-state index contributed by atoms with van der Waals surface area (Å²) >= 11 is 0. The normalized spacial score (nSPS) is 11.3. The fraction of sp³-hybridized carbons (Fsp3) is 0.231. The number of rotatable bonds is 6. The van der Waals surface area contributed by atoms with Gasteiger partial charge in [-0.25, -0.2) is 13.1 Å². The van der Waals surface area contributed by atoms with Crippen LogP contribution in [0.25, 0.3) is 0 Å². The highest BCUT2D eigenvalue weighted by atomic mass is 32.2. The Morgan fingerprint density at radius 2 is 2.14 bits per heavy atom. The minimum Gasteiger partial charge on any atom is -0.492 e. The largest absolute Gasteiger partial charge is 0.492 e. The van der Waals surface area contributed by atoms with E-state index < -0.39 is 10.0 Å². The van der Waals surface area contributed by atoms with Gasteiger partial charge in [-0.15, -0.1) is 0 Å². The number of benzene rings is 1. The number of nitrogens with zero attached hydrogens (tertiary/aromatic N) is 2. The molecule has 1 heterocycles. The van der Waals surface area contributed by atoms with Gasteiger partial charge >= 0.3 is 0 Å². The zero-order valence-electron chi connectivity index (χ0n) is 11.5. The van der Waals surface area contributed by atoms with Crippen LogP contribution in [0.4, 0.5) is 5.69 Å². The first kappa shape index (κ1) is 15.2. The van der Waals surface area contributed by atoms with E-state index in [1.54, 1.807) is 25.1 Å². The van der Waals surface area contributed by atoms with Gasteiger partial charge in [-0.3, -0.25) is 0 Å². The summed E-state index contributed by atoms with van der Waals surface area (Å²) in [7, 11) is -3.76. The molecule has 0 fully saturated rings. The van der Waals surface area contributed by atoms with Crippen molar-refractivity contribution in [2.45, 2.75) is 18.4 Å². The molecule has 1 aromatic carbocycles. The number of sulfonamides is 1. The van der Waals surface area contributed by atoms with E-state index in [2.05, 4.69) is 14.9 Å². The minimum absolute atomic E-state index is 0.00763. The lowest BCUT2D eigenvalue weighted by atomic mass is 10.3. The standard InChI is InChI=1S/C13H16N4O3S/c1-2-20-12-6-5-10(14)8-13(12)21(18,19)16-9-11-4-3-7-15-17-11/h3-8,16H,2,9,14H2,1H3. The Bertz CT molecular complexity index is 705. The van der Waals surface area contributed by atoms with Gasteiger partial charge in [0.25, 0.3) is 0 Å². The van der Waals surface area contributed by atoms with Crippen molar-refractivity contribution in [3.63, 3.8) is 0 Å². The molecule has 0 amide bonds. The van der Waals surface area contributed by atoms with Crippen LogP contribution in [0.2, 0.25) is 0 Å². The van der Waals surface area contributed by atoms with Crippen molar-refractivity contribution in [3.8, 4) is 5.75 Å². The number of nitrogens with one attached hydrogen (secondary N) is 1. The van der Waals surface area contributed by atoms with Gasteiger partial charge < -0.3 is 10.5 Å². The summed E-state index contributed by atoms with van der Waals surface area (Å²) in [5.41, 5.74) is 6.52. The molecule has 3 N–H and O–H groups in total. The summed E-state index contributed by atoms with van der Waals surface area (Å²) in [4.78, 5) is 0.00763. The van der Waals surface area contributed by atoms with Crippen molar-refractivity contribution in [1.29, 1.82) is 0 Å². The quantitative estimate of drug-likeness (QED) is 0.769. The maximum absolute atomic E-state index is 12.4. The third-order valence-corrected chi connectivity index (χ3v) is 4.05. The van der Waals surface area contributed by atoms with Crippen molar-refractivity contribution in [1.82, 2.24) is 14.9 Å². The van der Waals surface area contributed by atoms with Gasteiger partial charge in [0.05, 0.1) is 18.8 Å². The van der Waals surface area contributed by atoms with E-state index in [1.807, 2.05) is 0 Å². The highest BCUT2D eigenvalue weighted by molar-refractivity contribution is 7.89. The average Bonchev–Trinajstić information content (AvgIpc) is 2.48. The first-order valence-corrected chi connectivity index (χ1v) is 7.80. The predicted octanol–water partition coefficient (Wildman–Crippen LogP) is 0.936. The molecule has 21 heavy (non-hydrogen) atoms. The molecule has 0 aliphatic heterocycles. The third kappa shape index (κ3) is 3.89. The van der Waals surface area contributed by atoms with Gasteiger partial charge in [0.15, 0.2) is 0 Å². The molecule has 0 saturated heterocycles. The van der Waals surface area contributed by atoms with E-state index in [0.29, 0.717) is 18.0 Å². The van der Waals surface area contributed by atoms with Crippen LogP contribution in [-0.2, 0) is 16.6 Å². The number of nitrogen functional groups attached to an aromatic ring is 1. The molecule has 0 aliphatic carbocycles. The fourth-order valence-electron chi connectivity index (χ4n) is 1.68. The van der Waals surface area contributed by atoms with Crippen LogP contribution in [-0.4, -0.2) is 25.2 Å². The number of anilines is 1. The molecular weight excluding hydrogens is 292 g/mol. The summed E-state index contributed by atoms with van der Waals surface area (Å²) in [6.07, 6.45) is 1.52. The minimum atomic E-state index is -3.76. The molecule has 0 bridgehead atoms. The summed E-state index contributed by atoms with van der Waals surface area (Å²) < 4.78 is 32.5. The Balaban J connectivity index is 2.24. The zero-order chi connectivity index (χ0) is 15.3. The number of hydrogen-bond acceptors (Lipinski definition) is 6. The Morgan fingerprint density at radius 1 is 1.33 bits per heavy atom. The molecule has 0 radical (unpaired) electrons. The van der Waals surface area contributed by atoms with Gasteiger partial charge in [0.1, 0.15) is 10.6 Å². The molecule has 0 spiro atoms. The Labute approximate surface area is 123 Å². The molecule has 2 rings (SSSR count). The number of hydrogen-bond donors (Lipinski definition) is 2. The van der Waals surface area contributed by atoms with Crippen LogP contribution in [0.3, 0.4) is 0 Å². The molecule has 0 saturated carbocycles. The fourth-order valence-corrected chi connectivity index (χ4v) is 2.86. The van der Waals surface area contributed by atoms with E-state index >= 15 is 0 Å². The highest BCUT2D eigenvalue weighted by Gasteiger charge is 2.20. The predicted molar refractivity (Wildman–Crippen MR) is 78.1 cm³/mol. The van der Waals surface area contributed by atoms with Gasteiger partial charge in [-0.2, -0.15) is 10.2 Å². The van der Waals surface area contributed by atoms with Crippen LogP contribution >= 0.6 is 0 Å². The third-order valence-electron chi connectivity index (χ3n) is 2.63. The first-order valence-electron chi connectivity index (χ1n) is 6.31. The zero-order valence-corrected chi connectivity index (χ0v) is 12.3.